The van der Waals surface area contributed by atoms with Crippen LogP contribution in [0.1, 0.15) is 16.7 Å². The maximum absolute atomic E-state index is 13.4. The molecule has 0 unspecified atom stereocenters. The van der Waals surface area contributed by atoms with E-state index in [1.165, 1.54) is 32.6 Å². The van der Waals surface area contributed by atoms with E-state index in [0.29, 0.717) is 22.7 Å². The van der Waals surface area contributed by atoms with Crippen molar-refractivity contribution in [2.24, 2.45) is 5.10 Å². The highest BCUT2D eigenvalue weighted by atomic mass is 32.2. The summed E-state index contributed by atoms with van der Waals surface area (Å²) in [4.78, 5) is 12.8. The van der Waals surface area contributed by atoms with E-state index in [9.17, 15) is 13.2 Å². The largest absolute Gasteiger partial charge is 0.493 e. The van der Waals surface area contributed by atoms with E-state index in [2.05, 4.69) is 10.5 Å². The highest BCUT2D eigenvalue weighted by Crippen LogP contribution is 2.27. The number of carbonyl (C=O) groups excluding carboxylic acids is 1. The third kappa shape index (κ3) is 5.93. The molecule has 0 aliphatic heterocycles. The van der Waals surface area contributed by atoms with Crippen LogP contribution in [-0.2, 0) is 14.8 Å². The highest BCUT2D eigenvalue weighted by molar-refractivity contribution is 7.92. The minimum Gasteiger partial charge on any atom is -0.493 e. The van der Waals surface area contributed by atoms with Crippen LogP contribution in [0.4, 0.5) is 5.69 Å². The SMILES string of the molecule is COc1ccc(/C=N\NC(=O)CN(c2ccc(C)cc2)S(=O)(=O)c2ccc(C)cc2)cc1OC. The Morgan fingerprint density at radius 3 is 2.09 bits per heavy atom. The zero-order valence-corrected chi connectivity index (χ0v) is 20.3. The molecule has 3 aromatic carbocycles. The fourth-order valence-electron chi connectivity index (χ4n) is 3.14. The van der Waals surface area contributed by atoms with E-state index in [0.717, 1.165) is 15.4 Å². The normalized spacial score (nSPS) is 11.3. The molecule has 8 nitrogen and oxygen atoms in total. The number of aryl methyl sites for hydroxylation is 2. The van der Waals surface area contributed by atoms with Gasteiger partial charge in [-0.15, -0.1) is 0 Å². The number of nitrogens with zero attached hydrogens (tertiary/aromatic N) is 2. The molecule has 0 spiro atoms. The molecule has 0 fully saturated rings. The molecule has 0 bridgehead atoms. The summed E-state index contributed by atoms with van der Waals surface area (Å²) in [5.41, 5.74) is 5.35. The third-order valence-electron chi connectivity index (χ3n) is 5.03. The molecule has 3 aromatic rings. The van der Waals surface area contributed by atoms with Crippen molar-refractivity contribution < 1.29 is 22.7 Å². The van der Waals surface area contributed by atoms with Crippen molar-refractivity contribution in [1.82, 2.24) is 5.43 Å². The summed E-state index contributed by atoms with van der Waals surface area (Å²) in [5, 5.41) is 3.96. The number of carbonyl (C=O) groups is 1. The van der Waals surface area contributed by atoms with Crippen molar-refractivity contribution in [1.29, 1.82) is 0 Å². The van der Waals surface area contributed by atoms with Crippen LogP contribution in [0.3, 0.4) is 0 Å². The molecule has 1 amide bonds. The molecule has 0 saturated carbocycles. The lowest BCUT2D eigenvalue weighted by atomic mass is 10.2. The Kier molecular flexibility index (Phi) is 7.91. The van der Waals surface area contributed by atoms with E-state index in [1.807, 2.05) is 13.8 Å². The molecule has 9 heteroatoms. The molecular formula is C25H27N3O5S. The van der Waals surface area contributed by atoms with Gasteiger partial charge in [0.25, 0.3) is 15.9 Å². The second-order valence-electron chi connectivity index (χ2n) is 7.57. The quantitative estimate of drug-likeness (QED) is 0.372. The van der Waals surface area contributed by atoms with Gasteiger partial charge in [-0.25, -0.2) is 13.8 Å². The molecule has 0 aliphatic rings. The smallest absolute Gasteiger partial charge is 0.264 e. The number of sulfonamides is 1. The molecule has 0 aliphatic carbocycles. The molecule has 0 atom stereocenters. The lowest BCUT2D eigenvalue weighted by Crippen LogP contribution is -2.39. The predicted octanol–water partition coefficient (Wildman–Crippen LogP) is 3.67. The maximum Gasteiger partial charge on any atom is 0.264 e. The Morgan fingerprint density at radius 1 is 0.912 bits per heavy atom. The van der Waals surface area contributed by atoms with Gasteiger partial charge in [-0.3, -0.25) is 9.10 Å². The first-order valence-electron chi connectivity index (χ1n) is 10.4. The van der Waals surface area contributed by atoms with Gasteiger partial charge in [-0.2, -0.15) is 5.10 Å². The molecule has 178 valence electrons. The summed E-state index contributed by atoms with van der Waals surface area (Å²) < 4.78 is 38.3. The van der Waals surface area contributed by atoms with Gasteiger partial charge in [-0.05, 0) is 61.9 Å². The second kappa shape index (κ2) is 10.8. The molecule has 0 saturated heterocycles. The Morgan fingerprint density at radius 2 is 1.50 bits per heavy atom. The molecule has 34 heavy (non-hydrogen) atoms. The number of methoxy groups -OCH3 is 2. The van der Waals surface area contributed by atoms with Crippen LogP contribution in [0, 0.1) is 13.8 Å². The highest BCUT2D eigenvalue weighted by Gasteiger charge is 2.27. The van der Waals surface area contributed by atoms with E-state index in [4.69, 9.17) is 9.47 Å². The monoisotopic (exact) mass is 481 g/mol. The average molecular weight is 482 g/mol. The topological polar surface area (TPSA) is 97.3 Å². The minimum absolute atomic E-state index is 0.0975. The second-order valence-corrected chi connectivity index (χ2v) is 9.43. The minimum atomic E-state index is -3.98. The van der Waals surface area contributed by atoms with Crippen LogP contribution >= 0.6 is 0 Å². The average Bonchev–Trinajstić information content (AvgIpc) is 2.83. The molecule has 0 radical (unpaired) electrons. The van der Waals surface area contributed by atoms with Gasteiger partial charge in [0.15, 0.2) is 11.5 Å². The number of hydrogen-bond acceptors (Lipinski definition) is 6. The van der Waals surface area contributed by atoms with Crippen LogP contribution in [0.5, 0.6) is 11.5 Å². The van der Waals surface area contributed by atoms with Gasteiger partial charge >= 0.3 is 0 Å². The molecule has 1 N–H and O–H groups in total. The van der Waals surface area contributed by atoms with Gasteiger partial charge in [0.1, 0.15) is 6.54 Å². The van der Waals surface area contributed by atoms with Gasteiger partial charge in [-0.1, -0.05) is 35.4 Å². The number of anilines is 1. The third-order valence-corrected chi connectivity index (χ3v) is 6.82. The van der Waals surface area contributed by atoms with Crippen LogP contribution in [-0.4, -0.2) is 41.3 Å². The Hall–Kier alpha value is -3.85. The fraction of sp³-hybridized carbons (Fsp3) is 0.200. The van der Waals surface area contributed by atoms with Crippen LogP contribution in [0.15, 0.2) is 76.7 Å². The number of amides is 1. The standard InChI is InChI=1S/C25H27N3O5S/c1-18-5-10-21(11-6-18)28(34(30,31)22-12-7-19(2)8-13-22)17-25(29)27-26-16-20-9-14-23(32-3)24(15-20)33-4/h5-16H,17H2,1-4H3,(H,27,29)/b26-16-. The number of benzene rings is 3. The van der Waals surface area contributed by atoms with E-state index in [-0.39, 0.29) is 4.90 Å². The maximum atomic E-state index is 13.4. The predicted molar refractivity (Wildman–Crippen MR) is 132 cm³/mol. The van der Waals surface area contributed by atoms with Crippen molar-refractivity contribution in [3.05, 3.63) is 83.4 Å². The number of rotatable bonds is 9. The lowest BCUT2D eigenvalue weighted by molar-refractivity contribution is -0.119. The summed E-state index contributed by atoms with van der Waals surface area (Å²) in [6, 6.07) is 18.6. The first kappa shape index (κ1) is 24.8. The van der Waals surface area contributed by atoms with Gasteiger partial charge in [0.2, 0.25) is 0 Å². The Balaban J connectivity index is 1.81. The lowest BCUT2D eigenvalue weighted by Gasteiger charge is -2.24. The number of nitrogens with one attached hydrogen (secondary N) is 1. The van der Waals surface area contributed by atoms with Crippen molar-refractivity contribution in [3.8, 4) is 11.5 Å². The summed E-state index contributed by atoms with van der Waals surface area (Å²) in [7, 11) is -0.922. The zero-order chi connectivity index (χ0) is 24.7. The molecular weight excluding hydrogens is 454 g/mol. The van der Waals surface area contributed by atoms with E-state index in [1.54, 1.807) is 54.6 Å². The zero-order valence-electron chi connectivity index (χ0n) is 19.5. The fourth-order valence-corrected chi connectivity index (χ4v) is 4.56. The number of hydrogen-bond donors (Lipinski definition) is 1. The first-order valence-corrected chi connectivity index (χ1v) is 11.9. The van der Waals surface area contributed by atoms with Gasteiger partial charge < -0.3 is 9.47 Å². The summed E-state index contributed by atoms with van der Waals surface area (Å²) >= 11 is 0. The number of ether oxygens (including phenoxy) is 2. The summed E-state index contributed by atoms with van der Waals surface area (Å²) in [6.07, 6.45) is 1.44. The van der Waals surface area contributed by atoms with E-state index >= 15 is 0 Å². The van der Waals surface area contributed by atoms with Crippen molar-refractivity contribution in [2.45, 2.75) is 18.7 Å². The number of hydrazone groups is 1. The van der Waals surface area contributed by atoms with Crippen molar-refractivity contribution >= 4 is 27.8 Å². The Labute approximate surface area is 199 Å². The summed E-state index contributed by atoms with van der Waals surface area (Å²) in [5.74, 6) is 0.499. The van der Waals surface area contributed by atoms with Crippen LogP contribution < -0.4 is 19.2 Å². The van der Waals surface area contributed by atoms with Crippen molar-refractivity contribution in [3.63, 3.8) is 0 Å². The molecule has 0 aromatic heterocycles. The Bertz CT molecular complexity index is 1270. The molecule has 3 rings (SSSR count). The molecule has 0 heterocycles. The summed E-state index contributed by atoms with van der Waals surface area (Å²) in [6.45, 7) is 3.33. The van der Waals surface area contributed by atoms with Crippen molar-refractivity contribution in [2.75, 3.05) is 25.1 Å². The van der Waals surface area contributed by atoms with Crippen LogP contribution in [0.25, 0.3) is 0 Å². The van der Waals surface area contributed by atoms with Crippen LogP contribution in [0.2, 0.25) is 0 Å². The van der Waals surface area contributed by atoms with E-state index < -0.39 is 22.5 Å². The van der Waals surface area contributed by atoms with Gasteiger partial charge in [0, 0.05) is 0 Å². The first-order chi connectivity index (χ1) is 16.2. The van der Waals surface area contributed by atoms with Gasteiger partial charge in [0.05, 0.1) is 31.0 Å².